The highest BCUT2D eigenvalue weighted by molar-refractivity contribution is 8.21. The molecule has 0 N–H and O–H groups in total. The molecule has 0 amide bonds. The number of carbonyl (C=O) groups excluding carboxylic acids is 1. The average molecular weight is 421 g/mol. The number of thiocarbonyl (C=S) groups is 1. The van der Waals surface area contributed by atoms with Gasteiger partial charge in [-0.1, -0.05) is 90.3 Å². The van der Waals surface area contributed by atoms with Crippen LogP contribution in [0.5, 0.6) is 0 Å². The van der Waals surface area contributed by atoms with Gasteiger partial charge in [0.05, 0.1) is 6.61 Å². The fourth-order valence-electron chi connectivity index (χ4n) is 2.70. The highest BCUT2D eigenvalue weighted by Gasteiger charge is 2.35. The van der Waals surface area contributed by atoms with Crippen LogP contribution in [-0.2, 0) is 9.53 Å². The van der Waals surface area contributed by atoms with Crippen molar-refractivity contribution in [2.75, 3.05) is 18.1 Å². The summed E-state index contributed by atoms with van der Waals surface area (Å²) in [5.74, 6) is 1.64. The number of hydrogen-bond donors (Lipinski definition) is 0. The van der Waals surface area contributed by atoms with Gasteiger partial charge in [-0.05, 0) is 25.5 Å². The number of esters is 1. The van der Waals surface area contributed by atoms with Gasteiger partial charge in [-0.3, -0.25) is 4.79 Å². The van der Waals surface area contributed by atoms with Crippen molar-refractivity contribution in [3.05, 3.63) is 0 Å². The Bertz CT molecular complexity index is 350. The van der Waals surface area contributed by atoms with E-state index in [1.165, 1.54) is 76.0 Å². The van der Waals surface area contributed by atoms with Gasteiger partial charge >= 0.3 is 5.97 Å². The fraction of sp³-hybridized carbons (Fsp3) is 0.905. The minimum Gasteiger partial charge on any atom is -0.465 e. The Morgan fingerprint density at radius 3 is 2.00 bits per heavy atom. The summed E-state index contributed by atoms with van der Waals surface area (Å²) in [6.07, 6.45) is 15.4. The van der Waals surface area contributed by atoms with E-state index >= 15 is 0 Å². The molecule has 0 aromatic heterocycles. The van der Waals surface area contributed by atoms with Gasteiger partial charge in [-0.15, -0.1) is 23.5 Å². The van der Waals surface area contributed by atoms with E-state index in [1.54, 1.807) is 16.5 Å². The Balaban J connectivity index is 3.88. The first-order valence-corrected chi connectivity index (χ1v) is 13.0. The van der Waals surface area contributed by atoms with Crippen LogP contribution in [0.4, 0.5) is 0 Å². The van der Waals surface area contributed by atoms with E-state index in [0.717, 1.165) is 18.6 Å². The van der Waals surface area contributed by atoms with Crippen LogP contribution in [-0.4, -0.2) is 33.5 Å². The number of carbonyl (C=O) groups is 1. The second kappa shape index (κ2) is 18.6. The van der Waals surface area contributed by atoms with Gasteiger partial charge in [-0.2, -0.15) is 0 Å². The lowest BCUT2D eigenvalue weighted by Crippen LogP contribution is -2.37. The number of ether oxygens (including phenoxy) is 1. The third-order valence-corrected chi connectivity index (χ3v) is 7.42. The molecule has 0 aliphatic carbocycles. The molecule has 5 heteroatoms. The van der Waals surface area contributed by atoms with Crippen molar-refractivity contribution in [2.45, 2.75) is 103 Å². The molecule has 0 spiro atoms. The van der Waals surface area contributed by atoms with Crippen LogP contribution >= 0.6 is 35.7 Å². The minimum atomic E-state index is -0.479. The summed E-state index contributed by atoms with van der Waals surface area (Å²) in [6, 6.07) is 0. The molecule has 1 unspecified atom stereocenters. The van der Waals surface area contributed by atoms with Crippen molar-refractivity contribution >= 4 is 46.4 Å². The van der Waals surface area contributed by atoms with Crippen molar-refractivity contribution in [3.63, 3.8) is 0 Å². The zero-order chi connectivity index (χ0) is 19.5. The lowest BCUT2D eigenvalue weighted by molar-refractivity contribution is -0.145. The monoisotopic (exact) mass is 420 g/mol. The predicted octanol–water partition coefficient (Wildman–Crippen LogP) is 7.43. The van der Waals surface area contributed by atoms with E-state index in [-0.39, 0.29) is 5.97 Å². The van der Waals surface area contributed by atoms with Crippen molar-refractivity contribution in [3.8, 4) is 0 Å². The zero-order valence-corrected chi connectivity index (χ0v) is 19.7. The molecular formula is C21H40O2S3. The third kappa shape index (κ3) is 14.3. The third-order valence-electron chi connectivity index (χ3n) is 4.51. The lowest BCUT2D eigenvalue weighted by Gasteiger charge is -2.26. The van der Waals surface area contributed by atoms with E-state index in [9.17, 15) is 4.79 Å². The Kier molecular flexibility index (Phi) is 18.8. The van der Waals surface area contributed by atoms with E-state index in [1.807, 2.05) is 6.92 Å². The first-order chi connectivity index (χ1) is 12.6. The summed E-state index contributed by atoms with van der Waals surface area (Å²) in [6.45, 7) is 6.91. The molecule has 0 rings (SSSR count). The average Bonchev–Trinajstić information content (AvgIpc) is 2.64. The van der Waals surface area contributed by atoms with E-state index in [4.69, 9.17) is 17.0 Å². The summed E-state index contributed by atoms with van der Waals surface area (Å²) in [4.78, 5) is 12.5. The summed E-state index contributed by atoms with van der Waals surface area (Å²) < 4.78 is 6.65. The van der Waals surface area contributed by atoms with Crippen molar-refractivity contribution in [1.29, 1.82) is 0 Å². The molecule has 0 aliphatic rings. The summed E-state index contributed by atoms with van der Waals surface area (Å²) >= 11 is 8.20. The van der Waals surface area contributed by atoms with Gasteiger partial charge in [0, 0.05) is 10.5 Å². The van der Waals surface area contributed by atoms with Gasteiger partial charge in [0.2, 0.25) is 0 Å². The van der Waals surface area contributed by atoms with Gasteiger partial charge in [0.15, 0.2) is 0 Å². The van der Waals surface area contributed by atoms with Crippen molar-refractivity contribution in [2.24, 2.45) is 0 Å². The Morgan fingerprint density at radius 2 is 1.46 bits per heavy atom. The molecule has 26 heavy (non-hydrogen) atoms. The van der Waals surface area contributed by atoms with E-state index in [0.29, 0.717) is 12.4 Å². The van der Waals surface area contributed by atoms with Crippen LogP contribution in [0.25, 0.3) is 0 Å². The van der Waals surface area contributed by atoms with Gasteiger partial charge in [0.1, 0.15) is 4.75 Å². The molecule has 0 aliphatic heterocycles. The van der Waals surface area contributed by atoms with Gasteiger partial charge in [-0.25, -0.2) is 0 Å². The smallest absolute Gasteiger partial charge is 0.322 e. The Hall–Kier alpha value is 0.260. The second-order valence-corrected chi connectivity index (χ2v) is 10.1. The first kappa shape index (κ1) is 26.3. The minimum absolute atomic E-state index is 0.0765. The highest BCUT2D eigenvalue weighted by atomic mass is 32.2. The molecule has 2 nitrogen and oxygen atoms in total. The molecule has 0 radical (unpaired) electrons. The SMILES string of the molecule is CCCCCCCCCCCCSC(C)(CSC=S)C(=O)OCCCC. The fourth-order valence-corrected chi connectivity index (χ4v) is 4.92. The standard InChI is InChI=1S/C21H40O2S3/c1-4-6-8-9-10-11-12-13-14-15-17-26-21(3,18-25-19-24)20(22)23-16-7-5-2/h19H,4-18H2,1-3H3. The molecule has 0 heterocycles. The molecule has 0 aromatic carbocycles. The van der Waals surface area contributed by atoms with Crippen LogP contribution in [0, 0.1) is 0 Å². The number of hydrogen-bond acceptors (Lipinski definition) is 5. The summed E-state index contributed by atoms with van der Waals surface area (Å²) in [5.41, 5.74) is 0. The quantitative estimate of drug-likeness (QED) is 0.123. The number of thioether (sulfide) groups is 2. The molecule has 0 bridgehead atoms. The van der Waals surface area contributed by atoms with Crippen LogP contribution in [0.3, 0.4) is 0 Å². The molecule has 0 saturated carbocycles. The van der Waals surface area contributed by atoms with Crippen LogP contribution in [0.1, 0.15) is 97.8 Å². The Labute approximate surface area is 176 Å². The van der Waals surface area contributed by atoms with Crippen molar-refractivity contribution < 1.29 is 9.53 Å². The van der Waals surface area contributed by atoms with Crippen molar-refractivity contribution in [1.82, 2.24) is 0 Å². The molecule has 0 aromatic rings. The predicted molar refractivity (Wildman–Crippen MR) is 125 cm³/mol. The first-order valence-electron chi connectivity index (χ1n) is 10.5. The maximum absolute atomic E-state index is 12.5. The van der Waals surface area contributed by atoms with Gasteiger partial charge < -0.3 is 4.74 Å². The normalized spacial score (nSPS) is 13.3. The topological polar surface area (TPSA) is 26.3 Å². The second-order valence-electron chi connectivity index (χ2n) is 7.16. The molecule has 0 fully saturated rings. The van der Waals surface area contributed by atoms with Crippen LogP contribution in [0.15, 0.2) is 0 Å². The Morgan fingerprint density at radius 1 is 0.923 bits per heavy atom. The number of unbranched alkanes of at least 4 members (excludes halogenated alkanes) is 10. The van der Waals surface area contributed by atoms with Crippen LogP contribution in [0.2, 0.25) is 0 Å². The maximum atomic E-state index is 12.5. The zero-order valence-electron chi connectivity index (χ0n) is 17.2. The summed E-state index contributed by atoms with van der Waals surface area (Å²) in [5, 5.41) is 0. The molecule has 1 atom stereocenters. The van der Waals surface area contributed by atoms with E-state index < -0.39 is 4.75 Å². The number of rotatable bonds is 19. The van der Waals surface area contributed by atoms with Gasteiger partial charge in [0.25, 0.3) is 0 Å². The highest BCUT2D eigenvalue weighted by Crippen LogP contribution is 2.31. The largest absolute Gasteiger partial charge is 0.465 e. The molecule has 0 saturated heterocycles. The maximum Gasteiger partial charge on any atom is 0.322 e. The lowest BCUT2D eigenvalue weighted by atomic mass is 10.1. The van der Waals surface area contributed by atoms with E-state index in [2.05, 4.69) is 13.8 Å². The van der Waals surface area contributed by atoms with Crippen LogP contribution < -0.4 is 0 Å². The molecule has 154 valence electrons. The molecular weight excluding hydrogens is 380 g/mol. The summed E-state index contributed by atoms with van der Waals surface area (Å²) in [7, 11) is 0.